The van der Waals surface area contributed by atoms with Gasteiger partial charge in [0.1, 0.15) is 23.2 Å². The van der Waals surface area contributed by atoms with Gasteiger partial charge in [-0.2, -0.15) is 4.98 Å². The van der Waals surface area contributed by atoms with Gasteiger partial charge < -0.3 is 30.7 Å². The van der Waals surface area contributed by atoms with Gasteiger partial charge in [0.2, 0.25) is 11.4 Å². The van der Waals surface area contributed by atoms with Crippen LogP contribution in [0.15, 0.2) is 53.4 Å². The first kappa shape index (κ1) is 22.8. The second kappa shape index (κ2) is 8.48. The summed E-state index contributed by atoms with van der Waals surface area (Å²) in [6.07, 6.45) is 3.93. The number of hydrogen-bond acceptors (Lipinski definition) is 10. The minimum Gasteiger partial charge on any atom is -0.456 e. The van der Waals surface area contributed by atoms with Crippen LogP contribution in [0.2, 0.25) is 0 Å². The standard InChI is InChI=1S/C22H19N10O4P/c23-16-14-19(27-13(26-16)7-6-11-4-2-1-3-5-11)31-22(28-14)32-10-25-20-15(32)17(24)29-18(30-20)12-8-9-36-21(12)37(33,34)35/h1-5,8-10H,6-7H2,(H2,24,29,30)(H2,33,34,35)(H3,23,26,27,28,31). The molecule has 0 saturated heterocycles. The molecule has 0 radical (unpaired) electrons. The van der Waals surface area contributed by atoms with Gasteiger partial charge in [0, 0.05) is 6.42 Å². The van der Waals surface area contributed by atoms with Gasteiger partial charge in [-0.1, -0.05) is 30.3 Å². The zero-order valence-electron chi connectivity index (χ0n) is 19.0. The normalized spacial score (nSPS) is 12.1. The molecule has 0 amide bonds. The Morgan fingerprint density at radius 1 is 0.946 bits per heavy atom. The molecule has 6 rings (SSSR count). The van der Waals surface area contributed by atoms with Crippen molar-refractivity contribution in [1.82, 2.24) is 39.5 Å². The number of nitrogens with one attached hydrogen (secondary N) is 1. The summed E-state index contributed by atoms with van der Waals surface area (Å²) in [6.45, 7) is 0. The van der Waals surface area contributed by atoms with E-state index in [9.17, 15) is 14.4 Å². The van der Waals surface area contributed by atoms with Crippen molar-refractivity contribution in [2.75, 3.05) is 11.5 Å². The predicted octanol–water partition coefficient (Wildman–Crippen LogP) is 1.49. The largest absolute Gasteiger partial charge is 0.456 e. The Kier molecular flexibility index (Phi) is 5.22. The second-order valence-corrected chi connectivity index (χ2v) is 9.67. The smallest absolute Gasteiger partial charge is 0.391 e. The van der Waals surface area contributed by atoms with Crippen LogP contribution in [0.3, 0.4) is 0 Å². The number of aromatic nitrogens is 8. The highest BCUT2D eigenvalue weighted by atomic mass is 31.2. The fourth-order valence-electron chi connectivity index (χ4n) is 4.01. The first-order chi connectivity index (χ1) is 17.8. The van der Waals surface area contributed by atoms with Gasteiger partial charge in [-0.3, -0.25) is 9.13 Å². The summed E-state index contributed by atoms with van der Waals surface area (Å²) in [7, 11) is -4.69. The Bertz CT molecular complexity index is 1820. The highest BCUT2D eigenvalue weighted by Gasteiger charge is 2.29. The number of rotatable bonds is 6. The van der Waals surface area contributed by atoms with Crippen LogP contribution in [0.5, 0.6) is 0 Å². The Labute approximate surface area is 207 Å². The van der Waals surface area contributed by atoms with Crippen molar-refractivity contribution in [3.05, 3.63) is 60.4 Å². The van der Waals surface area contributed by atoms with Gasteiger partial charge in [0.25, 0.3) is 0 Å². The minimum absolute atomic E-state index is 0.0124. The van der Waals surface area contributed by atoms with Gasteiger partial charge in [0.05, 0.1) is 11.8 Å². The average Bonchev–Trinajstić information content (AvgIpc) is 3.61. The van der Waals surface area contributed by atoms with Crippen LogP contribution in [0.1, 0.15) is 11.4 Å². The van der Waals surface area contributed by atoms with Crippen LogP contribution >= 0.6 is 7.60 Å². The highest BCUT2D eigenvalue weighted by Crippen LogP contribution is 2.38. The van der Waals surface area contributed by atoms with Crippen LogP contribution < -0.4 is 17.0 Å². The van der Waals surface area contributed by atoms with Gasteiger partial charge >= 0.3 is 7.60 Å². The molecule has 6 aromatic rings. The van der Waals surface area contributed by atoms with Gasteiger partial charge in [-0.15, -0.1) is 0 Å². The number of furan rings is 1. The van der Waals surface area contributed by atoms with Crippen molar-refractivity contribution >= 4 is 47.1 Å². The lowest BCUT2D eigenvalue weighted by molar-refractivity contribution is 0.376. The third-order valence-electron chi connectivity index (χ3n) is 5.70. The monoisotopic (exact) mass is 518 g/mol. The molecule has 14 nitrogen and oxygen atoms in total. The summed E-state index contributed by atoms with van der Waals surface area (Å²) >= 11 is 0. The predicted molar refractivity (Wildman–Crippen MR) is 134 cm³/mol. The van der Waals surface area contributed by atoms with E-state index in [-0.39, 0.29) is 28.7 Å². The molecule has 0 aliphatic carbocycles. The lowest BCUT2D eigenvalue weighted by Gasteiger charge is -2.06. The van der Waals surface area contributed by atoms with E-state index in [0.717, 1.165) is 18.2 Å². The van der Waals surface area contributed by atoms with E-state index in [4.69, 9.17) is 15.9 Å². The summed E-state index contributed by atoms with van der Waals surface area (Å²) in [6, 6.07) is 11.3. The number of H-pyrrole nitrogens is 1. The molecule has 0 fully saturated rings. The molecule has 0 aliphatic heterocycles. The summed E-state index contributed by atoms with van der Waals surface area (Å²) < 4.78 is 18.2. The molecule has 186 valence electrons. The maximum atomic E-state index is 11.7. The number of benzene rings is 1. The third-order valence-corrected chi connectivity index (χ3v) is 6.58. The van der Waals surface area contributed by atoms with Crippen LogP contribution in [-0.2, 0) is 17.4 Å². The lowest BCUT2D eigenvalue weighted by Crippen LogP contribution is -2.08. The number of anilines is 2. The van der Waals surface area contributed by atoms with Gasteiger partial charge in [0.15, 0.2) is 28.8 Å². The van der Waals surface area contributed by atoms with Crippen molar-refractivity contribution < 1.29 is 18.8 Å². The van der Waals surface area contributed by atoms with Crippen LogP contribution in [-0.4, -0.2) is 49.2 Å². The van der Waals surface area contributed by atoms with Crippen molar-refractivity contribution in [2.24, 2.45) is 0 Å². The molecular weight excluding hydrogens is 499 g/mol. The second-order valence-electron chi connectivity index (χ2n) is 8.17. The fourth-order valence-corrected chi connectivity index (χ4v) is 4.70. The SMILES string of the molecule is Nc1nc(CCc2ccccc2)nc2nc(-n3cnc4nc(-c5ccoc5P(=O)(O)O)nc(N)c43)[nH]c12. The van der Waals surface area contributed by atoms with E-state index in [1.165, 1.54) is 12.4 Å². The average molecular weight is 518 g/mol. The number of aromatic amines is 1. The van der Waals surface area contributed by atoms with E-state index >= 15 is 0 Å². The number of nitrogens with zero attached hydrogens (tertiary/aromatic N) is 7. The van der Waals surface area contributed by atoms with Crippen molar-refractivity contribution in [3.8, 4) is 17.3 Å². The summed E-state index contributed by atoms with van der Waals surface area (Å²) in [4.78, 5) is 48.5. The number of aryl methyl sites for hydroxylation is 2. The highest BCUT2D eigenvalue weighted by molar-refractivity contribution is 7.60. The molecule has 5 aromatic heterocycles. The van der Waals surface area contributed by atoms with E-state index in [1.807, 2.05) is 30.3 Å². The molecule has 0 atom stereocenters. The zero-order valence-corrected chi connectivity index (χ0v) is 19.9. The Balaban J connectivity index is 1.37. The molecule has 15 heteroatoms. The summed E-state index contributed by atoms with van der Waals surface area (Å²) in [5.74, 6) is 1.12. The Morgan fingerprint density at radius 3 is 2.54 bits per heavy atom. The molecular formula is C22H19N10O4P. The number of nitrogen functional groups attached to an aromatic ring is 2. The summed E-state index contributed by atoms with van der Waals surface area (Å²) in [5, 5.41) is 0. The summed E-state index contributed by atoms with van der Waals surface area (Å²) in [5.41, 5.74) is 14.4. The number of fused-ring (bicyclic) bond motifs is 2. The number of nitrogens with two attached hydrogens (primary N) is 2. The molecule has 5 heterocycles. The van der Waals surface area contributed by atoms with Crippen LogP contribution in [0, 0.1) is 0 Å². The first-order valence-electron chi connectivity index (χ1n) is 11.0. The number of imidazole rings is 2. The van der Waals surface area contributed by atoms with Gasteiger partial charge in [-0.25, -0.2) is 24.9 Å². The lowest BCUT2D eigenvalue weighted by atomic mass is 10.1. The Hall–Kier alpha value is -4.65. The topological polar surface area (TPSA) is 221 Å². The first-order valence-corrected chi connectivity index (χ1v) is 12.6. The molecule has 0 saturated carbocycles. The number of hydrogen-bond donors (Lipinski definition) is 5. The maximum Gasteiger partial charge on any atom is 0.391 e. The van der Waals surface area contributed by atoms with Crippen LogP contribution in [0.4, 0.5) is 11.6 Å². The fraction of sp³-hybridized carbons (Fsp3) is 0.0909. The minimum atomic E-state index is -4.69. The van der Waals surface area contributed by atoms with Gasteiger partial charge in [-0.05, 0) is 18.1 Å². The van der Waals surface area contributed by atoms with E-state index < -0.39 is 13.1 Å². The van der Waals surface area contributed by atoms with E-state index in [2.05, 4.69) is 34.9 Å². The van der Waals surface area contributed by atoms with Crippen molar-refractivity contribution in [2.45, 2.75) is 12.8 Å². The maximum absolute atomic E-state index is 11.7. The van der Waals surface area contributed by atoms with E-state index in [0.29, 0.717) is 34.9 Å². The molecule has 0 aliphatic rings. The zero-order chi connectivity index (χ0) is 25.7. The molecule has 0 bridgehead atoms. The molecule has 1 aromatic carbocycles. The van der Waals surface area contributed by atoms with Crippen molar-refractivity contribution in [3.63, 3.8) is 0 Å². The quantitative estimate of drug-likeness (QED) is 0.198. The van der Waals surface area contributed by atoms with Crippen LogP contribution in [0.25, 0.3) is 39.7 Å². The molecule has 7 N–H and O–H groups in total. The third kappa shape index (κ3) is 4.08. The molecule has 0 spiro atoms. The molecule has 37 heavy (non-hydrogen) atoms. The van der Waals surface area contributed by atoms with Crippen molar-refractivity contribution in [1.29, 1.82) is 0 Å². The molecule has 0 unspecified atom stereocenters. The van der Waals surface area contributed by atoms with E-state index in [1.54, 1.807) is 4.57 Å². The Morgan fingerprint density at radius 2 is 1.76 bits per heavy atom.